The Balaban J connectivity index is 3.03. The van der Waals surface area contributed by atoms with Gasteiger partial charge in [-0.15, -0.1) is 6.58 Å². The predicted molar refractivity (Wildman–Crippen MR) is 57.6 cm³/mol. The third kappa shape index (κ3) is 2.08. The smallest absolute Gasteiger partial charge is 0.160 e. The van der Waals surface area contributed by atoms with E-state index in [1.165, 1.54) is 6.07 Å². The molecule has 2 N–H and O–H groups in total. The van der Waals surface area contributed by atoms with Crippen molar-refractivity contribution in [3.63, 3.8) is 0 Å². The fourth-order valence-electron chi connectivity index (χ4n) is 1.59. The molecular weight excluding hydrogens is 176 g/mol. The Bertz CT molecular complexity index is 318. The van der Waals surface area contributed by atoms with Crippen LogP contribution in [0, 0.1) is 0 Å². The molecule has 0 aromatic heterocycles. The van der Waals surface area contributed by atoms with Crippen molar-refractivity contribution in [2.75, 3.05) is 0 Å². The second-order valence-electron chi connectivity index (χ2n) is 3.34. The average molecular weight is 192 g/mol. The zero-order chi connectivity index (χ0) is 10.6. The Hall–Kier alpha value is -1.44. The first-order chi connectivity index (χ1) is 6.70. The molecule has 0 spiro atoms. The lowest BCUT2D eigenvalue weighted by molar-refractivity contribution is 0.395. The summed E-state index contributed by atoms with van der Waals surface area (Å²) in [6.07, 6.45) is 3.56. The predicted octanol–water partition coefficient (Wildman–Crippen LogP) is 3.17. The van der Waals surface area contributed by atoms with E-state index in [-0.39, 0.29) is 17.4 Å². The van der Waals surface area contributed by atoms with Crippen LogP contribution in [0.25, 0.3) is 0 Å². The molecule has 14 heavy (non-hydrogen) atoms. The van der Waals surface area contributed by atoms with Crippen LogP contribution in [-0.2, 0) is 0 Å². The van der Waals surface area contributed by atoms with Gasteiger partial charge in [0.1, 0.15) is 0 Å². The van der Waals surface area contributed by atoms with Crippen LogP contribution in [0.15, 0.2) is 30.9 Å². The standard InChI is InChI=1S/C12H16O2/c1-3-6-9(4-2)10-7-5-8-11(13)12(10)14/h3,5,7-9,13-14H,1,4,6H2,2H3. The van der Waals surface area contributed by atoms with Gasteiger partial charge in [0.2, 0.25) is 0 Å². The summed E-state index contributed by atoms with van der Waals surface area (Å²) in [5, 5.41) is 19.0. The van der Waals surface area contributed by atoms with Gasteiger partial charge < -0.3 is 10.2 Å². The van der Waals surface area contributed by atoms with Crippen molar-refractivity contribution in [3.05, 3.63) is 36.4 Å². The summed E-state index contributed by atoms with van der Waals surface area (Å²) in [7, 11) is 0. The van der Waals surface area contributed by atoms with E-state index in [1.807, 2.05) is 12.1 Å². The molecule has 0 bridgehead atoms. The number of allylic oxidation sites excluding steroid dienone is 1. The second-order valence-corrected chi connectivity index (χ2v) is 3.34. The number of aromatic hydroxyl groups is 2. The molecule has 0 fully saturated rings. The molecule has 2 nitrogen and oxygen atoms in total. The summed E-state index contributed by atoms with van der Waals surface area (Å²) in [5.74, 6) is 0.186. The number of phenolic OH excluding ortho intramolecular Hbond substituents is 2. The molecule has 0 aliphatic heterocycles. The van der Waals surface area contributed by atoms with Crippen LogP contribution in [0.5, 0.6) is 11.5 Å². The molecule has 0 aliphatic rings. The number of hydrogen-bond donors (Lipinski definition) is 2. The van der Waals surface area contributed by atoms with E-state index in [4.69, 9.17) is 0 Å². The SMILES string of the molecule is C=CCC(CC)c1cccc(O)c1O. The van der Waals surface area contributed by atoms with Gasteiger partial charge in [-0.1, -0.05) is 25.1 Å². The molecule has 0 saturated carbocycles. The first-order valence-electron chi connectivity index (χ1n) is 4.82. The van der Waals surface area contributed by atoms with Crippen molar-refractivity contribution in [2.24, 2.45) is 0 Å². The highest BCUT2D eigenvalue weighted by Crippen LogP contribution is 2.36. The second kappa shape index (κ2) is 4.70. The van der Waals surface area contributed by atoms with Gasteiger partial charge in [-0.25, -0.2) is 0 Å². The van der Waals surface area contributed by atoms with Crippen LogP contribution < -0.4 is 0 Å². The molecule has 2 heteroatoms. The van der Waals surface area contributed by atoms with Crippen molar-refractivity contribution in [3.8, 4) is 11.5 Å². The van der Waals surface area contributed by atoms with Crippen LogP contribution in [0.4, 0.5) is 0 Å². The highest BCUT2D eigenvalue weighted by atomic mass is 16.3. The minimum atomic E-state index is -0.0509. The first-order valence-corrected chi connectivity index (χ1v) is 4.82. The van der Waals surface area contributed by atoms with Crippen molar-refractivity contribution < 1.29 is 10.2 Å². The molecule has 0 aliphatic carbocycles. The molecule has 1 atom stereocenters. The number of phenols is 2. The van der Waals surface area contributed by atoms with Crippen LogP contribution in [0.2, 0.25) is 0 Å². The molecule has 0 amide bonds. The lowest BCUT2D eigenvalue weighted by Gasteiger charge is -2.15. The number of benzene rings is 1. The molecule has 0 saturated heterocycles. The van der Waals surface area contributed by atoms with E-state index in [0.29, 0.717) is 0 Å². The summed E-state index contributed by atoms with van der Waals surface area (Å²) in [6, 6.07) is 5.07. The van der Waals surface area contributed by atoms with Crippen LogP contribution in [0.3, 0.4) is 0 Å². The van der Waals surface area contributed by atoms with Gasteiger partial charge >= 0.3 is 0 Å². The molecular formula is C12H16O2. The zero-order valence-electron chi connectivity index (χ0n) is 8.40. The van der Waals surface area contributed by atoms with Gasteiger partial charge in [-0.05, 0) is 24.8 Å². The van der Waals surface area contributed by atoms with Gasteiger partial charge in [0.15, 0.2) is 11.5 Å². The molecule has 1 aromatic carbocycles. The summed E-state index contributed by atoms with van der Waals surface area (Å²) >= 11 is 0. The number of rotatable bonds is 4. The number of para-hydroxylation sites is 1. The molecule has 1 rings (SSSR count). The van der Waals surface area contributed by atoms with Crippen LogP contribution in [0.1, 0.15) is 31.2 Å². The Morgan fingerprint density at radius 2 is 2.14 bits per heavy atom. The van der Waals surface area contributed by atoms with Gasteiger partial charge in [0.25, 0.3) is 0 Å². The highest BCUT2D eigenvalue weighted by molar-refractivity contribution is 5.46. The lowest BCUT2D eigenvalue weighted by atomic mass is 9.92. The molecule has 0 radical (unpaired) electrons. The maximum atomic E-state index is 9.64. The van der Waals surface area contributed by atoms with Crippen LogP contribution >= 0.6 is 0 Å². The van der Waals surface area contributed by atoms with E-state index in [9.17, 15) is 10.2 Å². The minimum Gasteiger partial charge on any atom is -0.504 e. The largest absolute Gasteiger partial charge is 0.504 e. The quantitative estimate of drug-likeness (QED) is 0.568. The summed E-state index contributed by atoms with van der Waals surface area (Å²) in [5.41, 5.74) is 0.799. The Morgan fingerprint density at radius 1 is 1.43 bits per heavy atom. The minimum absolute atomic E-state index is 0.00111. The monoisotopic (exact) mass is 192 g/mol. The van der Waals surface area contributed by atoms with Crippen molar-refractivity contribution in [1.29, 1.82) is 0 Å². The van der Waals surface area contributed by atoms with Crippen molar-refractivity contribution in [1.82, 2.24) is 0 Å². The van der Waals surface area contributed by atoms with E-state index in [2.05, 4.69) is 13.5 Å². The van der Waals surface area contributed by atoms with E-state index in [0.717, 1.165) is 18.4 Å². The third-order valence-electron chi connectivity index (χ3n) is 2.43. The molecule has 1 aromatic rings. The van der Waals surface area contributed by atoms with Gasteiger partial charge in [0, 0.05) is 5.56 Å². The number of hydrogen-bond acceptors (Lipinski definition) is 2. The van der Waals surface area contributed by atoms with E-state index in [1.54, 1.807) is 6.07 Å². The Kier molecular flexibility index (Phi) is 3.57. The topological polar surface area (TPSA) is 40.5 Å². The van der Waals surface area contributed by atoms with E-state index >= 15 is 0 Å². The van der Waals surface area contributed by atoms with E-state index < -0.39 is 0 Å². The average Bonchev–Trinajstić information content (AvgIpc) is 2.19. The summed E-state index contributed by atoms with van der Waals surface area (Å²) in [6.45, 7) is 5.74. The molecule has 0 heterocycles. The van der Waals surface area contributed by atoms with Gasteiger partial charge in [0.05, 0.1) is 0 Å². The highest BCUT2D eigenvalue weighted by Gasteiger charge is 2.13. The fraction of sp³-hybridized carbons (Fsp3) is 0.333. The Labute approximate surface area is 84.5 Å². The third-order valence-corrected chi connectivity index (χ3v) is 2.43. The van der Waals surface area contributed by atoms with Crippen molar-refractivity contribution in [2.45, 2.75) is 25.7 Å². The molecule has 76 valence electrons. The van der Waals surface area contributed by atoms with Gasteiger partial charge in [-0.2, -0.15) is 0 Å². The molecule has 1 unspecified atom stereocenters. The maximum Gasteiger partial charge on any atom is 0.160 e. The normalized spacial score (nSPS) is 12.4. The van der Waals surface area contributed by atoms with Crippen LogP contribution in [-0.4, -0.2) is 10.2 Å². The lowest BCUT2D eigenvalue weighted by Crippen LogP contribution is -1.96. The van der Waals surface area contributed by atoms with Crippen molar-refractivity contribution >= 4 is 0 Å². The Morgan fingerprint density at radius 3 is 2.71 bits per heavy atom. The first kappa shape index (κ1) is 10.6. The zero-order valence-corrected chi connectivity index (χ0v) is 8.40. The van der Waals surface area contributed by atoms with Gasteiger partial charge in [-0.3, -0.25) is 0 Å². The fourth-order valence-corrected chi connectivity index (χ4v) is 1.59. The summed E-state index contributed by atoms with van der Waals surface area (Å²) < 4.78 is 0. The maximum absolute atomic E-state index is 9.64. The summed E-state index contributed by atoms with van der Waals surface area (Å²) in [4.78, 5) is 0.